The van der Waals surface area contributed by atoms with Crippen molar-refractivity contribution in [1.82, 2.24) is 0 Å². The molecule has 2 rings (SSSR count). The highest BCUT2D eigenvalue weighted by atomic mass is 79.9. The molecule has 2 aromatic rings. The maximum Gasteiger partial charge on any atom is 0.150 e. The second-order valence-corrected chi connectivity index (χ2v) is 4.06. The van der Waals surface area contributed by atoms with E-state index in [0.717, 1.165) is 10.0 Å². The predicted octanol–water partition coefficient (Wildman–Crippen LogP) is 2.71. The third kappa shape index (κ3) is 2.06. The van der Waals surface area contributed by atoms with E-state index in [1.165, 1.54) is 6.26 Å². The third-order valence-electron chi connectivity index (χ3n) is 2.15. The van der Waals surface area contributed by atoms with Gasteiger partial charge in [0.2, 0.25) is 0 Å². The maximum atomic E-state index is 9.99. The van der Waals surface area contributed by atoms with Crippen LogP contribution in [0.2, 0.25) is 0 Å². The summed E-state index contributed by atoms with van der Waals surface area (Å²) in [5.41, 5.74) is 6.98. The SMILES string of the molecule is Nc1ccc(C(O)c2occc2Br)cc1. The van der Waals surface area contributed by atoms with Gasteiger partial charge in [0.15, 0.2) is 5.76 Å². The van der Waals surface area contributed by atoms with Gasteiger partial charge >= 0.3 is 0 Å². The Hall–Kier alpha value is -1.26. The molecule has 1 aromatic heterocycles. The first-order valence-electron chi connectivity index (χ1n) is 4.45. The van der Waals surface area contributed by atoms with Gasteiger partial charge < -0.3 is 15.3 Å². The molecule has 0 saturated carbocycles. The quantitative estimate of drug-likeness (QED) is 0.823. The molecule has 1 aromatic carbocycles. The molecular formula is C11H10BrNO2. The van der Waals surface area contributed by atoms with E-state index < -0.39 is 6.10 Å². The minimum absolute atomic E-state index is 0.500. The van der Waals surface area contributed by atoms with Crippen LogP contribution in [0.4, 0.5) is 5.69 Å². The second-order valence-electron chi connectivity index (χ2n) is 3.20. The van der Waals surface area contributed by atoms with Crippen LogP contribution in [-0.2, 0) is 0 Å². The number of aliphatic hydroxyl groups is 1. The molecule has 0 aliphatic carbocycles. The molecule has 15 heavy (non-hydrogen) atoms. The van der Waals surface area contributed by atoms with Crippen LogP contribution in [0.1, 0.15) is 17.4 Å². The number of rotatable bonds is 2. The summed E-state index contributed by atoms with van der Waals surface area (Å²) >= 11 is 3.30. The van der Waals surface area contributed by atoms with Crippen LogP contribution in [0.3, 0.4) is 0 Å². The highest BCUT2D eigenvalue weighted by molar-refractivity contribution is 9.10. The fourth-order valence-corrected chi connectivity index (χ4v) is 1.75. The standard InChI is InChI=1S/C11H10BrNO2/c12-9-5-6-15-11(9)10(14)7-1-3-8(13)4-2-7/h1-6,10,14H,13H2. The Labute approximate surface area is 95.6 Å². The third-order valence-corrected chi connectivity index (χ3v) is 2.80. The Balaban J connectivity index is 2.32. The lowest BCUT2D eigenvalue weighted by atomic mass is 10.1. The molecular weight excluding hydrogens is 258 g/mol. The van der Waals surface area contributed by atoms with Crippen LogP contribution < -0.4 is 5.73 Å². The maximum absolute atomic E-state index is 9.99. The van der Waals surface area contributed by atoms with Gasteiger partial charge in [-0.05, 0) is 39.7 Å². The Bertz CT molecular complexity index is 450. The topological polar surface area (TPSA) is 59.4 Å². The van der Waals surface area contributed by atoms with Crippen LogP contribution in [0, 0.1) is 0 Å². The molecule has 0 aliphatic heterocycles. The number of hydrogen-bond donors (Lipinski definition) is 2. The first kappa shape index (κ1) is 10.3. The minimum Gasteiger partial charge on any atom is -0.465 e. The molecule has 1 unspecified atom stereocenters. The number of furan rings is 1. The molecule has 0 saturated heterocycles. The summed E-state index contributed by atoms with van der Waals surface area (Å²) in [6.07, 6.45) is 0.759. The molecule has 0 fully saturated rings. The van der Waals surface area contributed by atoms with Crippen molar-refractivity contribution >= 4 is 21.6 Å². The number of nitrogens with two attached hydrogens (primary N) is 1. The van der Waals surface area contributed by atoms with E-state index >= 15 is 0 Å². The lowest BCUT2D eigenvalue weighted by Crippen LogP contribution is -1.98. The van der Waals surface area contributed by atoms with Gasteiger partial charge in [0.25, 0.3) is 0 Å². The normalized spacial score (nSPS) is 12.7. The summed E-state index contributed by atoms with van der Waals surface area (Å²) in [5.74, 6) is 0.500. The van der Waals surface area contributed by atoms with Crippen LogP contribution in [0.25, 0.3) is 0 Å². The van der Waals surface area contributed by atoms with Crippen molar-refractivity contribution in [3.8, 4) is 0 Å². The van der Waals surface area contributed by atoms with Crippen molar-refractivity contribution in [2.75, 3.05) is 5.73 Å². The summed E-state index contributed by atoms with van der Waals surface area (Å²) in [6.45, 7) is 0. The smallest absolute Gasteiger partial charge is 0.150 e. The van der Waals surface area contributed by atoms with E-state index in [4.69, 9.17) is 10.2 Å². The van der Waals surface area contributed by atoms with Crippen LogP contribution >= 0.6 is 15.9 Å². The Morgan fingerprint density at radius 1 is 1.20 bits per heavy atom. The Morgan fingerprint density at radius 2 is 1.87 bits per heavy atom. The summed E-state index contributed by atoms with van der Waals surface area (Å²) in [4.78, 5) is 0. The van der Waals surface area contributed by atoms with Crippen molar-refractivity contribution in [3.05, 3.63) is 52.4 Å². The highest BCUT2D eigenvalue weighted by Gasteiger charge is 2.16. The number of nitrogen functional groups attached to an aromatic ring is 1. The van der Waals surface area contributed by atoms with E-state index in [0.29, 0.717) is 11.4 Å². The van der Waals surface area contributed by atoms with Gasteiger partial charge in [-0.25, -0.2) is 0 Å². The summed E-state index contributed by atoms with van der Waals surface area (Å²) < 4.78 is 5.94. The van der Waals surface area contributed by atoms with Gasteiger partial charge in [0.05, 0.1) is 10.7 Å². The largest absolute Gasteiger partial charge is 0.465 e. The number of benzene rings is 1. The van der Waals surface area contributed by atoms with Gasteiger partial charge in [-0.2, -0.15) is 0 Å². The fraction of sp³-hybridized carbons (Fsp3) is 0.0909. The summed E-state index contributed by atoms with van der Waals surface area (Å²) in [6, 6.07) is 8.78. The van der Waals surface area contributed by atoms with Crippen LogP contribution in [0.15, 0.2) is 45.5 Å². The Morgan fingerprint density at radius 3 is 2.40 bits per heavy atom. The minimum atomic E-state index is -0.769. The van der Waals surface area contributed by atoms with Crippen molar-refractivity contribution in [1.29, 1.82) is 0 Å². The van der Waals surface area contributed by atoms with Gasteiger partial charge in [-0.1, -0.05) is 12.1 Å². The first-order valence-corrected chi connectivity index (χ1v) is 5.24. The zero-order valence-electron chi connectivity index (χ0n) is 7.85. The van der Waals surface area contributed by atoms with E-state index in [1.807, 2.05) is 0 Å². The monoisotopic (exact) mass is 267 g/mol. The van der Waals surface area contributed by atoms with Gasteiger partial charge in [0.1, 0.15) is 6.10 Å². The molecule has 4 heteroatoms. The molecule has 78 valence electrons. The lowest BCUT2D eigenvalue weighted by molar-refractivity contribution is 0.188. The number of hydrogen-bond acceptors (Lipinski definition) is 3. The second kappa shape index (κ2) is 4.08. The molecule has 0 radical (unpaired) electrons. The van der Waals surface area contributed by atoms with Crippen molar-refractivity contribution in [3.63, 3.8) is 0 Å². The summed E-state index contributed by atoms with van der Waals surface area (Å²) in [7, 11) is 0. The van der Waals surface area contributed by atoms with Gasteiger partial charge in [0, 0.05) is 5.69 Å². The van der Waals surface area contributed by atoms with Crippen LogP contribution in [-0.4, -0.2) is 5.11 Å². The zero-order valence-corrected chi connectivity index (χ0v) is 9.44. The Kier molecular flexibility index (Phi) is 2.79. The zero-order chi connectivity index (χ0) is 10.8. The molecule has 3 nitrogen and oxygen atoms in total. The van der Waals surface area contributed by atoms with E-state index in [2.05, 4.69) is 15.9 Å². The van der Waals surface area contributed by atoms with E-state index in [1.54, 1.807) is 30.3 Å². The van der Waals surface area contributed by atoms with Crippen molar-refractivity contribution < 1.29 is 9.52 Å². The van der Waals surface area contributed by atoms with Gasteiger partial charge in [-0.15, -0.1) is 0 Å². The summed E-state index contributed by atoms with van der Waals surface area (Å²) in [5, 5.41) is 9.99. The highest BCUT2D eigenvalue weighted by Crippen LogP contribution is 2.29. The lowest BCUT2D eigenvalue weighted by Gasteiger charge is -2.08. The average molecular weight is 268 g/mol. The van der Waals surface area contributed by atoms with E-state index in [-0.39, 0.29) is 0 Å². The average Bonchev–Trinajstić information content (AvgIpc) is 2.65. The molecule has 3 N–H and O–H groups in total. The van der Waals surface area contributed by atoms with Crippen molar-refractivity contribution in [2.45, 2.75) is 6.10 Å². The molecule has 0 aliphatic rings. The first-order chi connectivity index (χ1) is 7.18. The van der Waals surface area contributed by atoms with E-state index in [9.17, 15) is 5.11 Å². The number of halogens is 1. The molecule has 1 atom stereocenters. The predicted molar refractivity (Wildman–Crippen MR) is 61.3 cm³/mol. The number of aliphatic hydroxyl groups excluding tert-OH is 1. The molecule has 1 heterocycles. The molecule has 0 bridgehead atoms. The van der Waals surface area contributed by atoms with Crippen LogP contribution in [0.5, 0.6) is 0 Å². The number of anilines is 1. The fourth-order valence-electron chi connectivity index (χ4n) is 1.33. The molecule has 0 amide bonds. The molecule has 0 spiro atoms. The van der Waals surface area contributed by atoms with Gasteiger partial charge in [-0.3, -0.25) is 0 Å². The van der Waals surface area contributed by atoms with Crippen molar-refractivity contribution in [2.24, 2.45) is 0 Å².